The molecule has 2 heterocycles. The fourth-order valence-corrected chi connectivity index (χ4v) is 2.66. The van der Waals surface area contributed by atoms with E-state index in [1.807, 2.05) is 27.0 Å². The first-order chi connectivity index (χ1) is 9.97. The molecule has 2 aromatic heterocycles. The molecule has 1 saturated carbocycles. The largest absolute Gasteiger partial charge is 0.350 e. The van der Waals surface area contributed by atoms with Crippen molar-refractivity contribution < 1.29 is 4.79 Å². The van der Waals surface area contributed by atoms with Crippen molar-refractivity contribution in [3.63, 3.8) is 0 Å². The van der Waals surface area contributed by atoms with Gasteiger partial charge in [0.25, 0.3) is 5.91 Å². The molecule has 1 fully saturated rings. The lowest BCUT2D eigenvalue weighted by atomic mass is 10.1. The summed E-state index contributed by atoms with van der Waals surface area (Å²) in [7, 11) is 1.86. The molecular formula is C15H21N5O. The molecule has 21 heavy (non-hydrogen) atoms. The number of hydrogen-bond acceptors (Lipinski definition) is 4. The number of pyridine rings is 1. The van der Waals surface area contributed by atoms with Crippen LogP contribution >= 0.6 is 0 Å². The monoisotopic (exact) mass is 287 g/mol. The van der Waals surface area contributed by atoms with Crippen LogP contribution in [-0.2, 0) is 7.05 Å². The fraction of sp³-hybridized carbons (Fsp3) is 0.533. The van der Waals surface area contributed by atoms with Crippen LogP contribution < -0.4 is 11.1 Å². The number of nitrogens with zero attached hydrogens (tertiary/aromatic N) is 3. The highest BCUT2D eigenvalue weighted by molar-refractivity contribution is 5.98. The number of nitrogens with two attached hydrogens (primary N) is 1. The fourth-order valence-electron chi connectivity index (χ4n) is 2.66. The Bertz CT molecular complexity index is 702. The number of aromatic nitrogens is 3. The van der Waals surface area contributed by atoms with Crippen LogP contribution in [0.4, 0.5) is 0 Å². The number of carbonyl (C=O) groups is 1. The molecule has 6 nitrogen and oxygen atoms in total. The molecule has 3 N–H and O–H groups in total. The highest BCUT2D eigenvalue weighted by Gasteiger charge is 2.28. The van der Waals surface area contributed by atoms with Gasteiger partial charge in [-0.3, -0.25) is 9.48 Å². The lowest BCUT2D eigenvalue weighted by Gasteiger charge is -2.12. The molecule has 0 saturated heterocycles. The summed E-state index contributed by atoms with van der Waals surface area (Å²) in [4.78, 5) is 16.8. The predicted octanol–water partition coefficient (Wildman–Crippen LogP) is 1.05. The highest BCUT2D eigenvalue weighted by atomic mass is 16.1. The maximum atomic E-state index is 12.3. The van der Waals surface area contributed by atoms with Crippen LogP contribution in [0.15, 0.2) is 6.07 Å². The molecular weight excluding hydrogens is 266 g/mol. The minimum absolute atomic E-state index is 0.0612. The van der Waals surface area contributed by atoms with Crippen LogP contribution in [0.2, 0.25) is 0 Å². The number of fused-ring (bicyclic) bond motifs is 1. The van der Waals surface area contributed by atoms with Gasteiger partial charge in [-0.2, -0.15) is 5.10 Å². The Kier molecular flexibility index (Phi) is 3.41. The minimum atomic E-state index is -0.110. The lowest BCUT2D eigenvalue weighted by molar-refractivity contribution is 0.0949. The molecule has 0 aliphatic heterocycles. The van der Waals surface area contributed by atoms with Gasteiger partial charge in [-0.1, -0.05) is 0 Å². The van der Waals surface area contributed by atoms with E-state index in [0.717, 1.165) is 16.7 Å². The molecule has 6 heteroatoms. The van der Waals surface area contributed by atoms with E-state index in [0.29, 0.717) is 23.7 Å². The zero-order chi connectivity index (χ0) is 15.1. The first kappa shape index (κ1) is 14.0. The summed E-state index contributed by atoms with van der Waals surface area (Å²) >= 11 is 0. The Morgan fingerprint density at radius 1 is 1.48 bits per heavy atom. The molecule has 3 rings (SSSR count). The topological polar surface area (TPSA) is 85.8 Å². The van der Waals surface area contributed by atoms with Crippen molar-refractivity contribution in [1.82, 2.24) is 20.1 Å². The van der Waals surface area contributed by atoms with E-state index in [1.165, 1.54) is 12.8 Å². The Morgan fingerprint density at radius 2 is 2.19 bits per heavy atom. The van der Waals surface area contributed by atoms with E-state index >= 15 is 0 Å². The zero-order valence-corrected chi connectivity index (χ0v) is 12.7. The lowest BCUT2D eigenvalue weighted by Crippen LogP contribution is -2.38. The summed E-state index contributed by atoms with van der Waals surface area (Å²) in [6.07, 6.45) is 2.36. The maximum absolute atomic E-state index is 12.3. The van der Waals surface area contributed by atoms with Crippen molar-refractivity contribution in [3.8, 4) is 0 Å². The van der Waals surface area contributed by atoms with Gasteiger partial charge in [0.15, 0.2) is 5.65 Å². The zero-order valence-electron chi connectivity index (χ0n) is 12.7. The molecule has 1 aliphatic carbocycles. The quantitative estimate of drug-likeness (QED) is 0.880. The van der Waals surface area contributed by atoms with Crippen LogP contribution in [-0.4, -0.2) is 33.3 Å². The van der Waals surface area contributed by atoms with Gasteiger partial charge in [0, 0.05) is 25.0 Å². The third-order valence-corrected chi connectivity index (χ3v) is 4.16. The van der Waals surface area contributed by atoms with Gasteiger partial charge in [-0.15, -0.1) is 0 Å². The second kappa shape index (κ2) is 5.11. The van der Waals surface area contributed by atoms with Crippen molar-refractivity contribution in [3.05, 3.63) is 23.0 Å². The Balaban J connectivity index is 1.83. The molecule has 1 unspecified atom stereocenters. The Morgan fingerprint density at radius 3 is 2.86 bits per heavy atom. The molecule has 1 atom stereocenters. The molecule has 2 aromatic rings. The van der Waals surface area contributed by atoms with Gasteiger partial charge in [0.1, 0.15) is 0 Å². The van der Waals surface area contributed by atoms with Crippen LogP contribution in [0.1, 0.15) is 34.6 Å². The van der Waals surface area contributed by atoms with Crippen LogP contribution in [0.25, 0.3) is 11.0 Å². The first-order valence-corrected chi connectivity index (χ1v) is 7.32. The number of nitrogens with one attached hydrogen (secondary N) is 1. The summed E-state index contributed by atoms with van der Waals surface area (Å²) < 4.78 is 1.74. The van der Waals surface area contributed by atoms with Crippen molar-refractivity contribution in [2.45, 2.75) is 32.7 Å². The number of amides is 1. The standard InChI is InChI=1S/C15H21N5O/c1-8-12(15(21)17-7-13(16)10-4-5-10)6-11-9(2)19-20(3)14(11)18-8/h6,10,13H,4-5,7,16H2,1-3H3,(H,17,21). The van der Waals surface area contributed by atoms with E-state index in [-0.39, 0.29) is 11.9 Å². The minimum Gasteiger partial charge on any atom is -0.350 e. The van der Waals surface area contributed by atoms with E-state index in [2.05, 4.69) is 15.4 Å². The predicted molar refractivity (Wildman–Crippen MR) is 81.0 cm³/mol. The average molecular weight is 287 g/mol. The second-order valence-electron chi connectivity index (χ2n) is 5.91. The van der Waals surface area contributed by atoms with Crippen LogP contribution in [0, 0.1) is 19.8 Å². The normalized spacial score (nSPS) is 16.2. The van der Waals surface area contributed by atoms with Gasteiger partial charge in [-0.25, -0.2) is 4.98 Å². The van der Waals surface area contributed by atoms with E-state index in [1.54, 1.807) is 4.68 Å². The SMILES string of the molecule is Cc1nc2c(cc1C(=O)NCC(N)C1CC1)c(C)nn2C. The summed E-state index contributed by atoms with van der Waals surface area (Å²) in [5.41, 5.74) is 9.01. The molecule has 0 bridgehead atoms. The van der Waals surface area contributed by atoms with Crippen molar-refractivity contribution in [2.24, 2.45) is 18.7 Å². The smallest absolute Gasteiger partial charge is 0.253 e. The third kappa shape index (κ3) is 2.63. The van der Waals surface area contributed by atoms with Gasteiger partial charge in [0.2, 0.25) is 0 Å². The Labute approximate surface area is 123 Å². The number of rotatable bonds is 4. The molecule has 0 radical (unpaired) electrons. The summed E-state index contributed by atoms with van der Waals surface area (Å²) in [5, 5.41) is 8.18. The van der Waals surface area contributed by atoms with Gasteiger partial charge < -0.3 is 11.1 Å². The number of hydrogen-bond donors (Lipinski definition) is 2. The highest BCUT2D eigenvalue weighted by Crippen LogP contribution is 2.31. The molecule has 1 aliphatic rings. The van der Waals surface area contributed by atoms with Gasteiger partial charge in [0.05, 0.1) is 17.0 Å². The van der Waals surface area contributed by atoms with Gasteiger partial charge in [-0.05, 0) is 38.7 Å². The second-order valence-corrected chi connectivity index (χ2v) is 5.91. The molecule has 0 aromatic carbocycles. The molecule has 0 spiro atoms. The van der Waals surface area contributed by atoms with E-state index in [4.69, 9.17) is 5.73 Å². The summed E-state index contributed by atoms with van der Waals surface area (Å²) in [5.74, 6) is 0.467. The molecule has 112 valence electrons. The third-order valence-electron chi connectivity index (χ3n) is 4.16. The van der Waals surface area contributed by atoms with Crippen molar-refractivity contribution >= 4 is 16.9 Å². The Hall–Kier alpha value is -1.95. The van der Waals surface area contributed by atoms with Crippen molar-refractivity contribution in [1.29, 1.82) is 0 Å². The number of carbonyl (C=O) groups excluding carboxylic acids is 1. The van der Waals surface area contributed by atoms with E-state index < -0.39 is 0 Å². The van der Waals surface area contributed by atoms with Crippen LogP contribution in [0.3, 0.4) is 0 Å². The van der Waals surface area contributed by atoms with E-state index in [9.17, 15) is 4.79 Å². The first-order valence-electron chi connectivity index (χ1n) is 7.32. The molecule has 1 amide bonds. The van der Waals surface area contributed by atoms with Gasteiger partial charge >= 0.3 is 0 Å². The maximum Gasteiger partial charge on any atom is 0.253 e. The summed E-state index contributed by atoms with van der Waals surface area (Å²) in [6, 6.07) is 1.93. The van der Waals surface area contributed by atoms with Crippen molar-refractivity contribution in [2.75, 3.05) is 6.54 Å². The number of aryl methyl sites for hydroxylation is 3. The average Bonchev–Trinajstić information content (AvgIpc) is 3.24. The van der Waals surface area contributed by atoms with Crippen LogP contribution in [0.5, 0.6) is 0 Å². The summed E-state index contributed by atoms with van der Waals surface area (Å²) in [6.45, 7) is 4.29.